The van der Waals surface area contributed by atoms with Gasteiger partial charge in [0, 0.05) is 10.7 Å². The zero-order valence-corrected chi connectivity index (χ0v) is 7.99. The van der Waals surface area contributed by atoms with Gasteiger partial charge in [-0.3, -0.25) is 0 Å². The van der Waals surface area contributed by atoms with Gasteiger partial charge >= 0.3 is 0 Å². The number of halogens is 2. The molecule has 12 heavy (non-hydrogen) atoms. The van der Waals surface area contributed by atoms with E-state index >= 15 is 0 Å². The van der Waals surface area contributed by atoms with Gasteiger partial charge in [0.1, 0.15) is 5.83 Å². The number of hydrogen-bond donors (Lipinski definition) is 0. The molecule has 0 unspecified atom stereocenters. The Morgan fingerprint density at radius 3 is 2.25 bits per heavy atom. The summed E-state index contributed by atoms with van der Waals surface area (Å²) in [5.74, 6) is -0.727. The molecule has 0 fully saturated rings. The first-order valence-corrected chi connectivity index (χ1v) is 5.32. The molecule has 0 bridgehead atoms. The maximum atomic E-state index is 12.0. The van der Waals surface area contributed by atoms with Crippen molar-refractivity contribution in [1.82, 2.24) is 0 Å². The maximum Gasteiger partial charge on any atom is 0.260 e. The van der Waals surface area contributed by atoms with Gasteiger partial charge in [-0.15, -0.1) is 0 Å². The Kier molecular flexibility index (Phi) is 4.20. The van der Waals surface area contributed by atoms with Gasteiger partial charge in [0.25, 0.3) is 9.05 Å². The lowest BCUT2D eigenvalue weighted by atomic mass is 10.4. The van der Waals surface area contributed by atoms with Gasteiger partial charge in [-0.2, -0.15) is 0 Å². The molecule has 0 atom stereocenters. The first kappa shape index (κ1) is 11.4. The van der Waals surface area contributed by atoms with Crippen molar-refractivity contribution < 1.29 is 12.8 Å². The lowest BCUT2D eigenvalue weighted by Crippen LogP contribution is -1.90. The standard InChI is InChI=1S/C7H8ClFO2S/c1-3-7(12(8,10)11)5-4-6(2)9/h3-5H,2H2,1H3/b5-4-,7-3+. The fraction of sp³-hybridized carbons (Fsp3) is 0.143. The molecule has 68 valence electrons. The summed E-state index contributed by atoms with van der Waals surface area (Å²) in [6.07, 6.45) is 3.24. The zero-order chi connectivity index (χ0) is 9.78. The Morgan fingerprint density at radius 2 is 2.00 bits per heavy atom. The Balaban J connectivity index is 4.77. The van der Waals surface area contributed by atoms with Crippen molar-refractivity contribution in [3.8, 4) is 0 Å². The van der Waals surface area contributed by atoms with Crippen LogP contribution in [-0.4, -0.2) is 8.42 Å². The van der Waals surface area contributed by atoms with E-state index in [-0.39, 0.29) is 4.91 Å². The molecule has 5 heteroatoms. The van der Waals surface area contributed by atoms with Crippen LogP contribution < -0.4 is 0 Å². The fourth-order valence-corrected chi connectivity index (χ4v) is 1.42. The third kappa shape index (κ3) is 4.31. The zero-order valence-electron chi connectivity index (χ0n) is 6.42. The number of allylic oxidation sites excluding steroid dienone is 4. The van der Waals surface area contributed by atoms with Crippen molar-refractivity contribution in [2.75, 3.05) is 0 Å². The van der Waals surface area contributed by atoms with E-state index < -0.39 is 14.9 Å². The van der Waals surface area contributed by atoms with Crippen LogP contribution >= 0.6 is 10.7 Å². The molecule has 0 saturated heterocycles. The van der Waals surface area contributed by atoms with Gasteiger partial charge in [-0.05, 0) is 19.1 Å². The van der Waals surface area contributed by atoms with Gasteiger partial charge < -0.3 is 0 Å². The highest BCUT2D eigenvalue weighted by molar-refractivity contribution is 8.17. The highest BCUT2D eigenvalue weighted by Gasteiger charge is 2.08. The fourth-order valence-electron chi connectivity index (χ4n) is 0.491. The second-order valence-electron chi connectivity index (χ2n) is 1.91. The molecule has 0 spiro atoms. The maximum absolute atomic E-state index is 12.0. The first-order valence-electron chi connectivity index (χ1n) is 3.01. The SMILES string of the molecule is C=C(F)/C=C\C(=C/C)S(=O)(=O)Cl. The largest absolute Gasteiger partial charge is 0.260 e. The molecule has 0 aliphatic carbocycles. The summed E-state index contributed by atoms with van der Waals surface area (Å²) in [5.41, 5.74) is 0. The van der Waals surface area contributed by atoms with Crippen LogP contribution in [0.3, 0.4) is 0 Å². The smallest absolute Gasteiger partial charge is 0.208 e. The molecular formula is C7H8ClFO2S. The van der Waals surface area contributed by atoms with Crippen molar-refractivity contribution in [3.63, 3.8) is 0 Å². The third-order valence-corrected chi connectivity index (χ3v) is 2.46. The monoisotopic (exact) mass is 210 g/mol. The topological polar surface area (TPSA) is 34.1 Å². The van der Waals surface area contributed by atoms with Gasteiger partial charge in [0.05, 0.1) is 4.91 Å². The van der Waals surface area contributed by atoms with Crippen LogP contribution in [0.4, 0.5) is 4.39 Å². The van der Waals surface area contributed by atoms with E-state index in [0.717, 1.165) is 12.2 Å². The molecule has 0 aromatic heterocycles. The molecule has 0 rings (SSSR count). The quantitative estimate of drug-likeness (QED) is 0.530. The van der Waals surface area contributed by atoms with E-state index in [1.165, 1.54) is 13.0 Å². The summed E-state index contributed by atoms with van der Waals surface area (Å²) in [7, 11) is 1.21. The van der Waals surface area contributed by atoms with Gasteiger partial charge in [0.15, 0.2) is 0 Å². The molecule has 0 aromatic carbocycles. The van der Waals surface area contributed by atoms with Crippen LogP contribution in [0, 0.1) is 0 Å². The van der Waals surface area contributed by atoms with Crippen LogP contribution in [0.5, 0.6) is 0 Å². The van der Waals surface area contributed by atoms with E-state index in [0.29, 0.717) is 0 Å². The predicted molar refractivity (Wildman–Crippen MR) is 47.9 cm³/mol. The summed E-state index contributed by atoms with van der Waals surface area (Å²) in [6.45, 7) is 4.41. The summed E-state index contributed by atoms with van der Waals surface area (Å²) >= 11 is 0. The third-order valence-electron chi connectivity index (χ3n) is 0.994. The molecule has 0 saturated carbocycles. The average Bonchev–Trinajstić information content (AvgIpc) is 1.85. The molecule has 0 heterocycles. The molecule has 0 radical (unpaired) electrons. The lowest BCUT2D eigenvalue weighted by molar-refractivity contribution is 0.615. The molecule has 0 aromatic rings. The Labute approximate surface area is 75.5 Å². The number of rotatable bonds is 3. The van der Waals surface area contributed by atoms with Gasteiger partial charge in [-0.25, -0.2) is 12.8 Å². The van der Waals surface area contributed by atoms with Crippen molar-refractivity contribution >= 4 is 19.7 Å². The molecule has 0 amide bonds. The van der Waals surface area contributed by atoms with Crippen LogP contribution in [0.1, 0.15) is 6.92 Å². The molecule has 0 aliphatic rings. The molecule has 2 nitrogen and oxygen atoms in total. The normalized spacial score (nSPS) is 13.8. The summed E-state index contributed by atoms with van der Waals surface area (Å²) in [5, 5.41) is 0. The van der Waals surface area contributed by atoms with Crippen LogP contribution in [0.15, 0.2) is 35.5 Å². The highest BCUT2D eigenvalue weighted by atomic mass is 35.7. The van der Waals surface area contributed by atoms with E-state index in [2.05, 4.69) is 6.58 Å². The Hall–Kier alpha value is -0.610. The van der Waals surface area contributed by atoms with E-state index in [4.69, 9.17) is 10.7 Å². The summed E-state index contributed by atoms with van der Waals surface area (Å²) in [4.78, 5) is -0.150. The van der Waals surface area contributed by atoms with Crippen molar-refractivity contribution in [1.29, 1.82) is 0 Å². The van der Waals surface area contributed by atoms with E-state index in [1.807, 2.05) is 0 Å². The van der Waals surface area contributed by atoms with Gasteiger partial charge in [0.2, 0.25) is 0 Å². The van der Waals surface area contributed by atoms with Crippen molar-refractivity contribution in [3.05, 3.63) is 35.5 Å². The van der Waals surface area contributed by atoms with Crippen LogP contribution in [0.2, 0.25) is 0 Å². The lowest BCUT2D eigenvalue weighted by Gasteiger charge is -1.92. The molecule has 0 N–H and O–H groups in total. The molecule has 0 aliphatic heterocycles. The van der Waals surface area contributed by atoms with Gasteiger partial charge in [-0.1, -0.05) is 12.7 Å². The minimum Gasteiger partial charge on any atom is -0.208 e. The number of hydrogen-bond acceptors (Lipinski definition) is 2. The highest BCUT2D eigenvalue weighted by Crippen LogP contribution is 2.13. The second kappa shape index (κ2) is 4.42. The van der Waals surface area contributed by atoms with Crippen LogP contribution in [0.25, 0.3) is 0 Å². The minimum absolute atomic E-state index is 0.150. The predicted octanol–water partition coefficient (Wildman–Crippen LogP) is 2.50. The average molecular weight is 211 g/mol. The first-order chi connectivity index (χ1) is 5.38. The Bertz CT molecular complexity index is 327. The summed E-state index contributed by atoms with van der Waals surface area (Å²) < 4.78 is 33.4. The Morgan fingerprint density at radius 1 is 1.50 bits per heavy atom. The minimum atomic E-state index is -3.77. The van der Waals surface area contributed by atoms with Crippen molar-refractivity contribution in [2.45, 2.75) is 6.92 Å². The van der Waals surface area contributed by atoms with E-state index in [1.54, 1.807) is 0 Å². The summed E-state index contributed by atoms with van der Waals surface area (Å²) in [6, 6.07) is 0. The second-order valence-corrected chi connectivity index (χ2v) is 4.48. The van der Waals surface area contributed by atoms with Crippen molar-refractivity contribution in [2.24, 2.45) is 0 Å². The van der Waals surface area contributed by atoms with Crippen LogP contribution in [-0.2, 0) is 9.05 Å². The van der Waals surface area contributed by atoms with E-state index in [9.17, 15) is 12.8 Å². The molecular weight excluding hydrogens is 203 g/mol.